The van der Waals surface area contributed by atoms with Crippen LogP contribution < -0.4 is 10.5 Å². The molecule has 2 N–H and O–H groups in total. The quantitative estimate of drug-likeness (QED) is 0.756. The minimum Gasteiger partial charge on any atom is -0.493 e. The molecule has 5 heteroatoms. The van der Waals surface area contributed by atoms with Gasteiger partial charge in [0.15, 0.2) is 0 Å². The van der Waals surface area contributed by atoms with E-state index in [2.05, 4.69) is 5.16 Å². The van der Waals surface area contributed by atoms with E-state index in [0.29, 0.717) is 12.2 Å². The Morgan fingerprint density at radius 2 is 1.83 bits per heavy atom. The molecule has 0 saturated carbocycles. The molecule has 0 saturated heterocycles. The average molecular weight is 316 g/mol. The molecule has 124 valence electrons. The first-order valence-corrected chi connectivity index (χ1v) is 7.93. The second-order valence-electron chi connectivity index (χ2n) is 5.90. The van der Waals surface area contributed by atoms with E-state index < -0.39 is 5.91 Å². The van der Waals surface area contributed by atoms with Crippen molar-refractivity contribution in [1.82, 2.24) is 5.16 Å². The summed E-state index contributed by atoms with van der Waals surface area (Å²) >= 11 is 0. The summed E-state index contributed by atoms with van der Waals surface area (Å²) in [6, 6.07) is 5.53. The minimum atomic E-state index is -0.412. The number of carbonyl (C=O) groups excluding carboxylic acids is 1. The lowest BCUT2D eigenvalue weighted by Crippen LogP contribution is -2.12. The van der Waals surface area contributed by atoms with Gasteiger partial charge in [-0.2, -0.15) is 0 Å². The van der Waals surface area contributed by atoms with Crippen LogP contribution in [0.2, 0.25) is 0 Å². The van der Waals surface area contributed by atoms with Gasteiger partial charge in [0.05, 0.1) is 12.3 Å². The monoisotopic (exact) mass is 316 g/mol. The van der Waals surface area contributed by atoms with E-state index >= 15 is 0 Å². The Morgan fingerprint density at radius 1 is 1.13 bits per heavy atom. The van der Waals surface area contributed by atoms with Gasteiger partial charge in [0.25, 0.3) is 0 Å². The lowest BCUT2D eigenvalue weighted by Gasteiger charge is -2.13. The van der Waals surface area contributed by atoms with Crippen LogP contribution in [0.1, 0.15) is 52.2 Å². The molecule has 0 atom stereocenters. The van der Waals surface area contributed by atoms with E-state index in [1.165, 1.54) is 0 Å². The number of primary amides is 1. The number of rotatable bonds is 8. The molecule has 0 radical (unpaired) electrons. The summed E-state index contributed by atoms with van der Waals surface area (Å²) in [5, 5.41) is 3.88. The molecule has 0 bridgehead atoms. The molecule has 5 nitrogen and oxygen atoms in total. The van der Waals surface area contributed by atoms with Gasteiger partial charge in [-0.25, -0.2) is 0 Å². The van der Waals surface area contributed by atoms with Crippen molar-refractivity contribution in [3.8, 4) is 5.75 Å². The molecule has 2 aromatic rings. The molecule has 1 heterocycles. The summed E-state index contributed by atoms with van der Waals surface area (Å²) in [6.45, 7) is 6.45. The summed E-state index contributed by atoms with van der Waals surface area (Å²) in [4.78, 5) is 11.2. The highest BCUT2D eigenvalue weighted by atomic mass is 16.5. The second kappa shape index (κ2) is 7.81. The van der Waals surface area contributed by atoms with Crippen LogP contribution in [0.5, 0.6) is 5.75 Å². The van der Waals surface area contributed by atoms with Crippen LogP contribution in [0, 0.1) is 20.8 Å². The van der Waals surface area contributed by atoms with Crippen molar-refractivity contribution >= 4 is 5.91 Å². The standard InChI is InChI=1S/C18H24N2O3/c1-12-9-15(18(19)21)10-13(2)17(12)22-8-6-4-5-7-16-11-14(3)20-23-16/h9-11H,4-8H2,1-3H3,(H2,19,21). The third kappa shape index (κ3) is 4.84. The average Bonchev–Trinajstić information content (AvgIpc) is 2.90. The molecule has 1 aromatic carbocycles. The van der Waals surface area contributed by atoms with Gasteiger partial charge in [-0.3, -0.25) is 4.79 Å². The van der Waals surface area contributed by atoms with E-state index in [-0.39, 0.29) is 0 Å². The summed E-state index contributed by atoms with van der Waals surface area (Å²) in [5.41, 5.74) is 8.64. The number of aromatic nitrogens is 1. The molecule has 1 amide bonds. The molecule has 0 aliphatic carbocycles. The van der Waals surface area contributed by atoms with Crippen LogP contribution in [0.25, 0.3) is 0 Å². The smallest absolute Gasteiger partial charge is 0.248 e. The molecule has 0 aliphatic rings. The lowest BCUT2D eigenvalue weighted by molar-refractivity contribution is 0.1000. The van der Waals surface area contributed by atoms with Crippen molar-refractivity contribution < 1.29 is 14.1 Å². The molecule has 0 aliphatic heterocycles. The molecule has 2 rings (SSSR count). The minimum absolute atomic E-state index is 0.412. The summed E-state index contributed by atoms with van der Waals surface area (Å²) in [7, 11) is 0. The van der Waals surface area contributed by atoms with Crippen LogP contribution in [-0.4, -0.2) is 17.7 Å². The summed E-state index contributed by atoms with van der Waals surface area (Å²) in [5.74, 6) is 1.38. The first-order chi connectivity index (χ1) is 11.0. The maximum absolute atomic E-state index is 11.2. The van der Waals surface area contributed by atoms with Gasteiger partial charge in [0.1, 0.15) is 11.5 Å². The topological polar surface area (TPSA) is 78.4 Å². The predicted octanol–water partition coefficient (Wildman–Crippen LogP) is 3.49. The van der Waals surface area contributed by atoms with Crippen molar-refractivity contribution in [3.05, 3.63) is 46.3 Å². The van der Waals surface area contributed by atoms with Crippen LogP contribution in [0.15, 0.2) is 22.7 Å². The number of benzene rings is 1. The predicted molar refractivity (Wildman–Crippen MR) is 88.7 cm³/mol. The highest BCUT2D eigenvalue weighted by Crippen LogP contribution is 2.25. The molecule has 0 unspecified atom stereocenters. The third-order valence-electron chi connectivity index (χ3n) is 3.74. The number of unbranched alkanes of at least 4 members (excludes halogenated alkanes) is 2. The van der Waals surface area contributed by atoms with Gasteiger partial charge in [-0.05, 0) is 63.3 Å². The maximum atomic E-state index is 11.2. The normalized spacial score (nSPS) is 10.7. The largest absolute Gasteiger partial charge is 0.493 e. The number of ether oxygens (including phenoxy) is 1. The van der Waals surface area contributed by atoms with Gasteiger partial charge in [0.2, 0.25) is 5.91 Å². The number of aryl methyl sites for hydroxylation is 4. The Balaban J connectivity index is 1.75. The Labute approximate surface area is 136 Å². The molecular formula is C18H24N2O3. The number of carbonyl (C=O) groups is 1. The number of hydrogen-bond acceptors (Lipinski definition) is 4. The van der Waals surface area contributed by atoms with Crippen LogP contribution in [-0.2, 0) is 6.42 Å². The number of amides is 1. The Morgan fingerprint density at radius 3 is 2.39 bits per heavy atom. The first-order valence-electron chi connectivity index (χ1n) is 7.93. The Kier molecular flexibility index (Phi) is 5.79. The molecule has 1 aromatic heterocycles. The molecule has 0 fully saturated rings. The molecule has 23 heavy (non-hydrogen) atoms. The maximum Gasteiger partial charge on any atom is 0.248 e. The number of nitrogens with zero attached hydrogens (tertiary/aromatic N) is 1. The van der Waals surface area contributed by atoms with Gasteiger partial charge < -0.3 is 15.0 Å². The first kappa shape index (κ1) is 17.1. The van der Waals surface area contributed by atoms with Gasteiger partial charge in [-0.15, -0.1) is 0 Å². The van der Waals surface area contributed by atoms with Gasteiger partial charge in [-0.1, -0.05) is 5.16 Å². The number of hydrogen-bond donors (Lipinski definition) is 1. The van der Waals surface area contributed by atoms with E-state index in [1.807, 2.05) is 26.8 Å². The zero-order valence-corrected chi connectivity index (χ0v) is 14.0. The van der Waals surface area contributed by atoms with Crippen molar-refractivity contribution in [1.29, 1.82) is 0 Å². The van der Waals surface area contributed by atoms with E-state index in [9.17, 15) is 4.79 Å². The van der Waals surface area contributed by atoms with Crippen molar-refractivity contribution in [2.45, 2.75) is 46.5 Å². The highest BCUT2D eigenvalue weighted by Gasteiger charge is 2.09. The van der Waals surface area contributed by atoms with Crippen LogP contribution in [0.4, 0.5) is 0 Å². The lowest BCUT2D eigenvalue weighted by atomic mass is 10.1. The Bertz CT molecular complexity index is 654. The SMILES string of the molecule is Cc1cc(CCCCCOc2c(C)cc(C(N)=O)cc2C)on1. The van der Waals surface area contributed by atoms with Crippen molar-refractivity contribution in [3.63, 3.8) is 0 Å². The second-order valence-corrected chi connectivity index (χ2v) is 5.90. The van der Waals surface area contributed by atoms with Crippen molar-refractivity contribution in [2.24, 2.45) is 5.73 Å². The van der Waals surface area contributed by atoms with Gasteiger partial charge >= 0.3 is 0 Å². The fourth-order valence-electron chi connectivity index (χ4n) is 2.61. The summed E-state index contributed by atoms with van der Waals surface area (Å²) < 4.78 is 11.1. The van der Waals surface area contributed by atoms with Gasteiger partial charge in [0, 0.05) is 18.1 Å². The van der Waals surface area contributed by atoms with Crippen LogP contribution in [0.3, 0.4) is 0 Å². The third-order valence-corrected chi connectivity index (χ3v) is 3.74. The zero-order valence-electron chi connectivity index (χ0n) is 14.0. The Hall–Kier alpha value is -2.30. The molecular weight excluding hydrogens is 292 g/mol. The summed E-state index contributed by atoms with van der Waals surface area (Å²) in [6.07, 6.45) is 4.00. The van der Waals surface area contributed by atoms with E-state index in [4.69, 9.17) is 15.0 Å². The highest BCUT2D eigenvalue weighted by molar-refractivity contribution is 5.93. The fourth-order valence-corrected chi connectivity index (χ4v) is 2.61. The van der Waals surface area contributed by atoms with E-state index in [0.717, 1.165) is 54.0 Å². The van der Waals surface area contributed by atoms with E-state index in [1.54, 1.807) is 12.1 Å². The number of nitrogens with two attached hydrogens (primary N) is 1. The van der Waals surface area contributed by atoms with Crippen molar-refractivity contribution in [2.75, 3.05) is 6.61 Å². The fraction of sp³-hybridized carbons (Fsp3) is 0.444. The van der Waals surface area contributed by atoms with Crippen LogP contribution >= 0.6 is 0 Å². The molecule has 0 spiro atoms. The zero-order chi connectivity index (χ0) is 16.8.